The number of aryl methyl sites for hydroxylation is 1. The van der Waals surface area contributed by atoms with E-state index in [9.17, 15) is 0 Å². The molecule has 0 radical (unpaired) electrons. The third-order valence-electron chi connectivity index (χ3n) is 3.42. The minimum atomic E-state index is 0.752. The summed E-state index contributed by atoms with van der Waals surface area (Å²) in [5.41, 5.74) is 2.59. The molecule has 1 heterocycles. The van der Waals surface area contributed by atoms with Crippen LogP contribution >= 0.6 is 0 Å². The summed E-state index contributed by atoms with van der Waals surface area (Å²) in [5.74, 6) is 0.821. The first-order valence-corrected chi connectivity index (χ1v) is 6.68. The van der Waals surface area contributed by atoms with Gasteiger partial charge >= 0.3 is 0 Å². The lowest BCUT2D eigenvalue weighted by molar-refractivity contribution is 0.103. The van der Waals surface area contributed by atoms with E-state index in [0.717, 1.165) is 19.1 Å². The predicted octanol–water partition coefficient (Wildman–Crippen LogP) is 2.90. The average molecular weight is 233 g/mol. The van der Waals surface area contributed by atoms with Crippen molar-refractivity contribution in [3.63, 3.8) is 0 Å². The molecule has 2 heteroatoms. The Kier molecular flexibility index (Phi) is 5.02. The fourth-order valence-corrected chi connectivity index (χ4v) is 2.41. The highest BCUT2D eigenvalue weighted by Crippen LogP contribution is 2.14. The van der Waals surface area contributed by atoms with Gasteiger partial charge in [-0.25, -0.2) is 0 Å². The summed E-state index contributed by atoms with van der Waals surface area (Å²) >= 11 is 0. The maximum Gasteiger partial charge on any atom is 0.0716 e. The van der Waals surface area contributed by atoms with Crippen LogP contribution in [0.3, 0.4) is 0 Å². The second-order valence-corrected chi connectivity index (χ2v) is 5.04. The Labute approximate surface area is 104 Å². The van der Waals surface area contributed by atoms with E-state index in [2.05, 4.69) is 36.5 Å². The highest BCUT2D eigenvalue weighted by Gasteiger charge is 2.12. The van der Waals surface area contributed by atoms with Gasteiger partial charge in [0, 0.05) is 6.61 Å². The van der Waals surface area contributed by atoms with Crippen molar-refractivity contribution in [1.29, 1.82) is 0 Å². The molecule has 1 atom stereocenters. The maximum absolute atomic E-state index is 5.75. The zero-order valence-corrected chi connectivity index (χ0v) is 10.7. The molecule has 1 aromatic rings. The van der Waals surface area contributed by atoms with Gasteiger partial charge < -0.3 is 10.1 Å². The molecule has 1 aliphatic heterocycles. The summed E-state index contributed by atoms with van der Waals surface area (Å²) in [5, 5.41) is 3.45. The Bertz CT molecular complexity index is 331. The van der Waals surface area contributed by atoms with Crippen molar-refractivity contribution in [3.8, 4) is 0 Å². The molecule has 0 bridgehead atoms. The van der Waals surface area contributed by atoms with Crippen molar-refractivity contribution in [2.45, 2.75) is 32.8 Å². The maximum atomic E-state index is 5.75. The van der Waals surface area contributed by atoms with Crippen LogP contribution in [0.15, 0.2) is 24.3 Å². The Balaban J connectivity index is 1.62. The van der Waals surface area contributed by atoms with Crippen LogP contribution in [0.1, 0.15) is 30.4 Å². The molecule has 2 rings (SSSR count). The van der Waals surface area contributed by atoms with Gasteiger partial charge in [0.15, 0.2) is 0 Å². The molecular weight excluding hydrogens is 210 g/mol. The number of rotatable bonds is 5. The van der Waals surface area contributed by atoms with Crippen LogP contribution in [-0.4, -0.2) is 19.7 Å². The van der Waals surface area contributed by atoms with Crippen molar-refractivity contribution in [2.75, 3.05) is 19.7 Å². The van der Waals surface area contributed by atoms with E-state index in [1.54, 1.807) is 0 Å². The van der Waals surface area contributed by atoms with Gasteiger partial charge in [-0.2, -0.15) is 0 Å². The van der Waals surface area contributed by atoms with Crippen molar-refractivity contribution >= 4 is 0 Å². The van der Waals surface area contributed by atoms with Crippen molar-refractivity contribution in [3.05, 3.63) is 35.4 Å². The van der Waals surface area contributed by atoms with Gasteiger partial charge in [0.05, 0.1) is 6.61 Å². The first kappa shape index (κ1) is 12.6. The lowest BCUT2D eigenvalue weighted by atomic mass is 9.97. The SMILES string of the molecule is Cc1cccc(COCC[C@@H]2CCCNC2)c1. The fraction of sp³-hybridized carbons (Fsp3) is 0.600. The molecule has 2 nitrogen and oxygen atoms in total. The van der Waals surface area contributed by atoms with Crippen molar-refractivity contribution in [1.82, 2.24) is 5.32 Å². The zero-order valence-electron chi connectivity index (χ0n) is 10.7. The topological polar surface area (TPSA) is 21.3 Å². The Hall–Kier alpha value is -0.860. The second kappa shape index (κ2) is 6.77. The average Bonchev–Trinajstić information content (AvgIpc) is 2.36. The highest BCUT2D eigenvalue weighted by molar-refractivity contribution is 5.21. The van der Waals surface area contributed by atoms with Gasteiger partial charge in [0.25, 0.3) is 0 Å². The molecule has 1 N–H and O–H groups in total. The number of ether oxygens (including phenoxy) is 1. The molecular formula is C15H23NO. The van der Waals surface area contributed by atoms with Gasteiger partial charge in [0.2, 0.25) is 0 Å². The molecule has 0 unspecified atom stereocenters. The van der Waals surface area contributed by atoms with E-state index in [0.29, 0.717) is 0 Å². The molecule has 1 aromatic carbocycles. The second-order valence-electron chi connectivity index (χ2n) is 5.04. The minimum absolute atomic E-state index is 0.752. The molecule has 0 aromatic heterocycles. The highest BCUT2D eigenvalue weighted by atomic mass is 16.5. The van der Waals surface area contributed by atoms with Gasteiger partial charge in [0.1, 0.15) is 0 Å². The van der Waals surface area contributed by atoms with E-state index in [-0.39, 0.29) is 0 Å². The number of piperidine rings is 1. The first-order chi connectivity index (χ1) is 8.34. The van der Waals surface area contributed by atoms with Gasteiger partial charge in [-0.3, -0.25) is 0 Å². The third-order valence-corrected chi connectivity index (χ3v) is 3.42. The molecule has 0 aliphatic carbocycles. The summed E-state index contributed by atoms with van der Waals surface area (Å²) in [6, 6.07) is 8.55. The van der Waals surface area contributed by atoms with Gasteiger partial charge in [-0.15, -0.1) is 0 Å². The normalized spacial score (nSPS) is 20.4. The van der Waals surface area contributed by atoms with Crippen molar-refractivity contribution < 1.29 is 4.74 Å². The number of hydrogen-bond acceptors (Lipinski definition) is 2. The van der Waals surface area contributed by atoms with E-state index < -0.39 is 0 Å². The summed E-state index contributed by atoms with van der Waals surface area (Å²) in [4.78, 5) is 0. The zero-order chi connectivity index (χ0) is 11.9. The smallest absolute Gasteiger partial charge is 0.0716 e. The van der Waals surface area contributed by atoms with Crippen LogP contribution < -0.4 is 5.32 Å². The molecule has 0 spiro atoms. The fourth-order valence-electron chi connectivity index (χ4n) is 2.41. The molecule has 1 saturated heterocycles. The molecule has 0 amide bonds. The Morgan fingerprint density at radius 3 is 3.12 bits per heavy atom. The minimum Gasteiger partial charge on any atom is -0.377 e. The van der Waals surface area contributed by atoms with Crippen LogP contribution in [0.5, 0.6) is 0 Å². The molecule has 94 valence electrons. The third kappa shape index (κ3) is 4.49. The quantitative estimate of drug-likeness (QED) is 0.790. The largest absolute Gasteiger partial charge is 0.377 e. The summed E-state index contributed by atoms with van der Waals surface area (Å²) in [6.45, 7) is 6.13. The van der Waals surface area contributed by atoms with Crippen LogP contribution in [-0.2, 0) is 11.3 Å². The summed E-state index contributed by atoms with van der Waals surface area (Å²) in [7, 11) is 0. The van der Waals surface area contributed by atoms with Gasteiger partial charge in [-0.1, -0.05) is 29.8 Å². The van der Waals surface area contributed by atoms with E-state index in [4.69, 9.17) is 4.74 Å². The van der Waals surface area contributed by atoms with E-state index in [1.165, 1.54) is 43.5 Å². The first-order valence-electron chi connectivity index (χ1n) is 6.68. The summed E-state index contributed by atoms with van der Waals surface area (Å²) in [6.07, 6.45) is 3.88. The standard InChI is InChI=1S/C15H23NO/c1-13-4-2-5-15(10-13)12-17-9-7-14-6-3-8-16-11-14/h2,4-5,10,14,16H,3,6-9,11-12H2,1H3/t14-/m0/s1. The predicted molar refractivity (Wildman–Crippen MR) is 71.0 cm³/mol. The van der Waals surface area contributed by atoms with Crippen LogP contribution in [0.4, 0.5) is 0 Å². The van der Waals surface area contributed by atoms with E-state index >= 15 is 0 Å². The number of benzene rings is 1. The van der Waals surface area contributed by atoms with Crippen molar-refractivity contribution in [2.24, 2.45) is 5.92 Å². The van der Waals surface area contributed by atoms with E-state index in [1.807, 2.05) is 0 Å². The lowest BCUT2D eigenvalue weighted by Crippen LogP contribution is -2.30. The lowest BCUT2D eigenvalue weighted by Gasteiger charge is -2.22. The summed E-state index contributed by atoms with van der Waals surface area (Å²) < 4.78 is 5.75. The van der Waals surface area contributed by atoms with Crippen LogP contribution in [0.2, 0.25) is 0 Å². The molecule has 0 saturated carbocycles. The monoisotopic (exact) mass is 233 g/mol. The number of nitrogens with one attached hydrogen (secondary N) is 1. The molecule has 1 aliphatic rings. The van der Waals surface area contributed by atoms with Gasteiger partial charge in [-0.05, 0) is 50.8 Å². The molecule has 17 heavy (non-hydrogen) atoms. The number of hydrogen-bond donors (Lipinski definition) is 1. The molecule has 1 fully saturated rings. The van der Waals surface area contributed by atoms with Crippen LogP contribution in [0, 0.1) is 12.8 Å². The van der Waals surface area contributed by atoms with Crippen LogP contribution in [0.25, 0.3) is 0 Å². The Morgan fingerprint density at radius 2 is 2.35 bits per heavy atom. The Morgan fingerprint density at radius 1 is 1.41 bits per heavy atom.